The standard InChI is InChI=1S/C26H37N3O2.C13H19N.2C2H6/c1-9-23(22-14-12-11-13-15-22)24(20(4)27-10-2)21(5)28-16-17-29(19(3)18-28)25(30)31-26(6,7)8;1-4-6-7-9-13(11-14)10-12(3)8-5-2;2*1-2/h9-15,19H,2,16-18H2,1,3-8H3;6-7,9-10H,4-5,8H2,1-3H3;2*1-2H3/b23-9-,24-21-,27-20?;7-6+,12-10+,13-9+;;. The maximum Gasteiger partial charge on any atom is 0.410 e. The predicted octanol–water partition coefficient (Wildman–Crippen LogP) is 12.1. The molecule has 1 unspecified atom stereocenters. The van der Waals surface area contributed by atoms with Gasteiger partial charge in [0.1, 0.15) is 5.60 Å². The molecular weight excluding hydrogens is 604 g/mol. The van der Waals surface area contributed by atoms with E-state index in [4.69, 9.17) is 10.00 Å². The second-order valence-electron chi connectivity index (χ2n) is 12.2. The fourth-order valence-corrected chi connectivity index (χ4v) is 5.10. The number of aliphatic imine (C=N–C) groups is 1. The third kappa shape index (κ3) is 18.3. The SMILES string of the molecule is C=CN=C(C)C(/C(=C\C)c1ccccc1)=C(\C)N1CCN(C(=O)OC(C)(C)C)C(C)C1.CC.CC.CC/C=C/C=C(C#N)\C=C(/C)CCC. The van der Waals surface area contributed by atoms with E-state index in [1.54, 1.807) is 6.20 Å². The fourth-order valence-electron chi connectivity index (χ4n) is 5.10. The summed E-state index contributed by atoms with van der Waals surface area (Å²) in [5, 5.41) is 8.85. The molecule has 1 saturated heterocycles. The molecule has 1 aliphatic heterocycles. The Bertz CT molecular complexity index is 1330. The number of carbonyl (C=O) groups excluding carboxylic acids is 1. The van der Waals surface area contributed by atoms with Crippen molar-refractivity contribution in [2.45, 2.75) is 128 Å². The monoisotopic (exact) mass is 673 g/mol. The van der Waals surface area contributed by atoms with E-state index in [1.807, 2.05) is 103 Å². The Morgan fingerprint density at radius 3 is 2.16 bits per heavy atom. The van der Waals surface area contributed by atoms with Crippen molar-refractivity contribution < 1.29 is 9.53 Å². The van der Waals surface area contributed by atoms with Gasteiger partial charge in [-0.25, -0.2) is 4.79 Å². The highest BCUT2D eigenvalue weighted by Gasteiger charge is 2.32. The molecule has 1 aliphatic rings. The summed E-state index contributed by atoms with van der Waals surface area (Å²) >= 11 is 0. The number of nitrogens with zero attached hydrogens (tertiary/aromatic N) is 4. The Morgan fingerprint density at radius 1 is 1.08 bits per heavy atom. The first-order valence-corrected chi connectivity index (χ1v) is 18.1. The van der Waals surface area contributed by atoms with E-state index in [9.17, 15) is 4.79 Å². The lowest BCUT2D eigenvalue weighted by Gasteiger charge is -2.42. The highest BCUT2D eigenvalue weighted by atomic mass is 16.6. The van der Waals surface area contributed by atoms with Gasteiger partial charge >= 0.3 is 6.09 Å². The molecule has 49 heavy (non-hydrogen) atoms. The number of allylic oxidation sites excluding steroid dienone is 10. The third-order valence-corrected chi connectivity index (χ3v) is 7.20. The van der Waals surface area contributed by atoms with Gasteiger partial charge in [0, 0.05) is 48.9 Å². The van der Waals surface area contributed by atoms with Gasteiger partial charge < -0.3 is 14.5 Å². The summed E-state index contributed by atoms with van der Waals surface area (Å²) in [7, 11) is 0. The zero-order valence-electron chi connectivity index (χ0n) is 33.5. The Kier molecular flexibility index (Phi) is 25.7. The summed E-state index contributed by atoms with van der Waals surface area (Å²) in [6.07, 6.45) is 14.5. The zero-order chi connectivity index (χ0) is 38.0. The molecule has 1 fully saturated rings. The van der Waals surface area contributed by atoms with Crippen LogP contribution in [0.25, 0.3) is 5.57 Å². The first kappa shape index (κ1) is 47.0. The van der Waals surface area contributed by atoms with E-state index in [1.165, 1.54) is 5.57 Å². The van der Waals surface area contributed by atoms with E-state index < -0.39 is 5.60 Å². The van der Waals surface area contributed by atoms with Crippen molar-refractivity contribution in [3.05, 3.63) is 101 Å². The van der Waals surface area contributed by atoms with Crippen molar-refractivity contribution in [3.8, 4) is 6.07 Å². The molecule has 1 heterocycles. The van der Waals surface area contributed by atoms with Crippen LogP contribution in [0.5, 0.6) is 0 Å². The van der Waals surface area contributed by atoms with Crippen LogP contribution in [0.1, 0.15) is 122 Å². The van der Waals surface area contributed by atoms with E-state index in [-0.39, 0.29) is 12.1 Å². The number of hydrogen-bond donors (Lipinski definition) is 0. The Morgan fingerprint density at radius 2 is 1.69 bits per heavy atom. The molecule has 1 amide bonds. The van der Waals surface area contributed by atoms with Crippen molar-refractivity contribution >= 4 is 17.4 Å². The van der Waals surface area contributed by atoms with Crippen molar-refractivity contribution in [3.63, 3.8) is 0 Å². The van der Waals surface area contributed by atoms with Crippen LogP contribution in [-0.2, 0) is 4.74 Å². The molecule has 0 bridgehead atoms. The summed E-state index contributed by atoms with van der Waals surface area (Å²) in [4.78, 5) is 21.3. The van der Waals surface area contributed by atoms with Gasteiger partial charge in [-0.1, -0.05) is 109 Å². The quantitative estimate of drug-likeness (QED) is 0.141. The topological polar surface area (TPSA) is 68.9 Å². The van der Waals surface area contributed by atoms with Crippen LogP contribution in [-0.4, -0.2) is 52.9 Å². The minimum atomic E-state index is -0.494. The number of benzene rings is 1. The maximum atomic E-state index is 12.6. The minimum absolute atomic E-state index is 0.0437. The molecule has 1 aromatic carbocycles. The molecule has 0 spiro atoms. The molecule has 1 atom stereocenters. The number of amides is 1. The summed E-state index contributed by atoms with van der Waals surface area (Å²) in [6, 6.07) is 12.6. The van der Waals surface area contributed by atoms with Crippen LogP contribution in [0.4, 0.5) is 4.79 Å². The number of nitriles is 1. The molecule has 6 nitrogen and oxygen atoms in total. The minimum Gasteiger partial charge on any atom is -0.444 e. The van der Waals surface area contributed by atoms with Gasteiger partial charge in [0.25, 0.3) is 0 Å². The molecule has 0 N–H and O–H groups in total. The van der Waals surface area contributed by atoms with Gasteiger partial charge in [-0.05, 0) is 91.5 Å². The molecule has 2 rings (SSSR count). The Hall–Kier alpha value is -4.11. The normalized spacial score (nSPS) is 16.1. The number of carbonyl (C=O) groups is 1. The second kappa shape index (κ2) is 26.8. The maximum absolute atomic E-state index is 12.6. The van der Waals surface area contributed by atoms with Crippen LogP contribution in [0.3, 0.4) is 0 Å². The second-order valence-corrected chi connectivity index (χ2v) is 12.2. The largest absolute Gasteiger partial charge is 0.444 e. The average Bonchev–Trinajstić information content (AvgIpc) is 3.08. The summed E-state index contributed by atoms with van der Waals surface area (Å²) < 4.78 is 5.59. The van der Waals surface area contributed by atoms with E-state index in [0.717, 1.165) is 66.0 Å². The Labute approximate surface area is 301 Å². The lowest BCUT2D eigenvalue weighted by molar-refractivity contribution is 0.00495. The smallest absolute Gasteiger partial charge is 0.410 e. The van der Waals surface area contributed by atoms with Gasteiger partial charge in [-0.2, -0.15) is 5.26 Å². The number of rotatable bonds is 10. The van der Waals surface area contributed by atoms with Crippen LogP contribution < -0.4 is 0 Å². The third-order valence-electron chi connectivity index (χ3n) is 7.20. The van der Waals surface area contributed by atoms with Gasteiger partial charge in [-0.3, -0.25) is 4.99 Å². The van der Waals surface area contributed by atoms with Crippen LogP contribution in [0.15, 0.2) is 101 Å². The first-order valence-electron chi connectivity index (χ1n) is 18.1. The van der Waals surface area contributed by atoms with Crippen LogP contribution in [0, 0.1) is 11.3 Å². The van der Waals surface area contributed by atoms with Crippen LogP contribution in [0.2, 0.25) is 0 Å². The van der Waals surface area contributed by atoms with E-state index in [0.29, 0.717) is 6.54 Å². The summed E-state index contributed by atoms with van der Waals surface area (Å²) in [5.74, 6) is 0. The highest BCUT2D eigenvalue weighted by molar-refractivity contribution is 6.12. The van der Waals surface area contributed by atoms with Crippen LogP contribution >= 0.6 is 0 Å². The molecule has 0 aromatic heterocycles. The number of ether oxygens (including phenoxy) is 1. The van der Waals surface area contributed by atoms with Crippen molar-refractivity contribution in [2.75, 3.05) is 19.6 Å². The van der Waals surface area contributed by atoms with E-state index >= 15 is 0 Å². The zero-order valence-corrected chi connectivity index (χ0v) is 33.5. The molecular formula is C43H68N4O2. The van der Waals surface area contributed by atoms with Gasteiger partial charge in [0.05, 0.1) is 11.6 Å². The molecule has 0 saturated carbocycles. The van der Waals surface area contributed by atoms with Gasteiger partial charge in [0.2, 0.25) is 0 Å². The van der Waals surface area contributed by atoms with Gasteiger partial charge in [0.15, 0.2) is 0 Å². The first-order chi connectivity index (χ1) is 23.3. The molecule has 0 aliphatic carbocycles. The molecule has 272 valence electrons. The highest BCUT2D eigenvalue weighted by Crippen LogP contribution is 2.30. The van der Waals surface area contributed by atoms with Crippen molar-refractivity contribution in [2.24, 2.45) is 4.99 Å². The number of piperazine rings is 1. The lowest BCUT2D eigenvalue weighted by Crippen LogP contribution is -2.54. The summed E-state index contributed by atoms with van der Waals surface area (Å²) in [6.45, 7) is 34.1. The lowest BCUT2D eigenvalue weighted by atomic mass is 9.92. The Balaban J connectivity index is 0. The fraction of sp³-hybridized carbons (Fsp3) is 0.512. The van der Waals surface area contributed by atoms with Crippen molar-refractivity contribution in [1.82, 2.24) is 9.80 Å². The molecule has 1 aromatic rings. The van der Waals surface area contributed by atoms with Crippen molar-refractivity contribution in [1.29, 1.82) is 5.26 Å². The average molecular weight is 673 g/mol. The summed E-state index contributed by atoms with van der Waals surface area (Å²) in [5.41, 5.74) is 6.98. The number of hydrogen-bond acceptors (Lipinski definition) is 5. The van der Waals surface area contributed by atoms with Gasteiger partial charge in [-0.15, -0.1) is 0 Å². The predicted molar refractivity (Wildman–Crippen MR) is 215 cm³/mol. The van der Waals surface area contributed by atoms with E-state index in [2.05, 4.69) is 82.3 Å². The molecule has 0 radical (unpaired) electrons. The molecule has 6 heteroatoms.